The number of rotatable bonds is 2. The quantitative estimate of drug-likeness (QED) is 0.868. The summed E-state index contributed by atoms with van der Waals surface area (Å²) in [6.45, 7) is 6.18. The van der Waals surface area contributed by atoms with Crippen molar-refractivity contribution in [2.45, 2.75) is 58.2 Å². The first-order valence-electron chi connectivity index (χ1n) is 7.44. The average Bonchev–Trinajstić information content (AvgIpc) is 2.38. The lowest BCUT2D eigenvalue weighted by Crippen LogP contribution is -2.49. The number of nitrogens with zero attached hydrogens (tertiary/aromatic N) is 1. The number of carbonyl (C=O) groups excluding carboxylic acids is 1. The van der Waals surface area contributed by atoms with E-state index in [1.807, 2.05) is 36.1 Å². The van der Waals surface area contributed by atoms with Gasteiger partial charge in [-0.05, 0) is 57.7 Å². The van der Waals surface area contributed by atoms with Gasteiger partial charge in [0.2, 0.25) is 0 Å². The molecular formula is C16H25N3O. The Balaban J connectivity index is 2.09. The zero-order valence-corrected chi connectivity index (χ0v) is 12.6. The molecule has 1 aliphatic rings. The topological polar surface area (TPSA) is 58.4 Å². The molecule has 3 atom stereocenters. The lowest BCUT2D eigenvalue weighted by atomic mass is 9.98. The molecule has 110 valence electrons. The highest BCUT2D eigenvalue weighted by Crippen LogP contribution is 2.24. The van der Waals surface area contributed by atoms with Crippen molar-refractivity contribution in [3.05, 3.63) is 29.8 Å². The first-order valence-corrected chi connectivity index (χ1v) is 7.44. The minimum Gasteiger partial charge on any atom is -0.324 e. The van der Waals surface area contributed by atoms with E-state index in [2.05, 4.69) is 19.2 Å². The summed E-state index contributed by atoms with van der Waals surface area (Å²) < 4.78 is 0. The van der Waals surface area contributed by atoms with Crippen LogP contribution in [0.25, 0.3) is 0 Å². The number of hydrogen-bond acceptors (Lipinski definition) is 2. The standard InChI is InChI=1S/C16H25N3O/c1-11-6-4-7-12(2)19(11)16(20)18-15-9-5-8-14(10-15)13(3)17/h5,8-13H,4,6-7,17H2,1-3H3,(H,18,20)/t11-,12+,13?. The fourth-order valence-electron chi connectivity index (χ4n) is 2.91. The summed E-state index contributed by atoms with van der Waals surface area (Å²) in [6, 6.07) is 8.33. The molecule has 1 aliphatic heterocycles. The molecule has 2 amide bonds. The number of benzene rings is 1. The predicted molar refractivity (Wildman–Crippen MR) is 82.7 cm³/mol. The van der Waals surface area contributed by atoms with E-state index < -0.39 is 0 Å². The monoisotopic (exact) mass is 275 g/mol. The largest absolute Gasteiger partial charge is 0.324 e. The van der Waals surface area contributed by atoms with Crippen molar-refractivity contribution in [3.63, 3.8) is 0 Å². The summed E-state index contributed by atoms with van der Waals surface area (Å²) in [6.07, 6.45) is 3.36. The molecule has 1 fully saturated rings. The van der Waals surface area contributed by atoms with Gasteiger partial charge in [0.05, 0.1) is 0 Å². The molecule has 2 rings (SSSR count). The Bertz CT molecular complexity index is 463. The molecule has 1 saturated heterocycles. The SMILES string of the molecule is CC(N)c1cccc(NC(=O)N2[C@H](C)CCC[C@@H]2C)c1. The number of piperidine rings is 1. The minimum atomic E-state index is -0.0281. The van der Waals surface area contributed by atoms with Gasteiger partial charge in [-0.3, -0.25) is 0 Å². The van der Waals surface area contributed by atoms with Gasteiger partial charge < -0.3 is 16.0 Å². The molecule has 20 heavy (non-hydrogen) atoms. The molecule has 1 heterocycles. The maximum atomic E-state index is 12.5. The van der Waals surface area contributed by atoms with Gasteiger partial charge in [0.15, 0.2) is 0 Å². The van der Waals surface area contributed by atoms with E-state index in [-0.39, 0.29) is 12.1 Å². The molecule has 1 unspecified atom stereocenters. The summed E-state index contributed by atoms with van der Waals surface area (Å²) in [4.78, 5) is 14.4. The van der Waals surface area contributed by atoms with E-state index in [0.717, 1.165) is 24.1 Å². The van der Waals surface area contributed by atoms with E-state index in [0.29, 0.717) is 12.1 Å². The van der Waals surface area contributed by atoms with Crippen LogP contribution in [0.2, 0.25) is 0 Å². The minimum absolute atomic E-state index is 0.00785. The van der Waals surface area contributed by atoms with Gasteiger partial charge in [0.25, 0.3) is 0 Å². The van der Waals surface area contributed by atoms with Gasteiger partial charge in [-0.1, -0.05) is 12.1 Å². The van der Waals surface area contributed by atoms with Crippen molar-refractivity contribution in [1.82, 2.24) is 4.90 Å². The molecule has 3 N–H and O–H groups in total. The Morgan fingerprint density at radius 1 is 1.35 bits per heavy atom. The normalized spacial score (nSPS) is 24.3. The van der Waals surface area contributed by atoms with Crippen molar-refractivity contribution in [2.24, 2.45) is 5.73 Å². The van der Waals surface area contributed by atoms with Crippen LogP contribution in [0.1, 0.15) is 51.6 Å². The molecule has 0 bridgehead atoms. The summed E-state index contributed by atoms with van der Waals surface area (Å²) in [5, 5.41) is 3.00. The first-order chi connectivity index (χ1) is 9.49. The smallest absolute Gasteiger partial charge is 0.322 e. The fourth-order valence-corrected chi connectivity index (χ4v) is 2.91. The Kier molecular flexibility index (Phi) is 4.65. The summed E-state index contributed by atoms with van der Waals surface area (Å²) in [5.41, 5.74) is 7.72. The molecule has 4 heteroatoms. The molecule has 0 radical (unpaired) electrons. The third-order valence-corrected chi connectivity index (χ3v) is 4.09. The Morgan fingerprint density at radius 2 is 2.00 bits per heavy atom. The van der Waals surface area contributed by atoms with Crippen molar-refractivity contribution in [1.29, 1.82) is 0 Å². The summed E-state index contributed by atoms with van der Waals surface area (Å²) in [5.74, 6) is 0. The number of likely N-dealkylation sites (tertiary alicyclic amines) is 1. The number of amides is 2. The zero-order valence-electron chi connectivity index (χ0n) is 12.6. The van der Waals surface area contributed by atoms with Crippen LogP contribution >= 0.6 is 0 Å². The lowest BCUT2D eigenvalue weighted by molar-refractivity contribution is 0.133. The highest BCUT2D eigenvalue weighted by Gasteiger charge is 2.28. The second-order valence-corrected chi connectivity index (χ2v) is 5.88. The van der Waals surface area contributed by atoms with Crippen molar-refractivity contribution >= 4 is 11.7 Å². The van der Waals surface area contributed by atoms with E-state index >= 15 is 0 Å². The second kappa shape index (κ2) is 6.27. The van der Waals surface area contributed by atoms with Crippen LogP contribution in [0.15, 0.2) is 24.3 Å². The number of nitrogens with one attached hydrogen (secondary N) is 1. The first kappa shape index (κ1) is 14.9. The Labute approximate surface area is 121 Å². The van der Waals surface area contributed by atoms with Crippen LogP contribution in [0, 0.1) is 0 Å². The van der Waals surface area contributed by atoms with Crippen molar-refractivity contribution in [2.75, 3.05) is 5.32 Å². The lowest BCUT2D eigenvalue weighted by Gasteiger charge is -2.38. The molecule has 4 nitrogen and oxygen atoms in total. The molecule has 0 aliphatic carbocycles. The summed E-state index contributed by atoms with van der Waals surface area (Å²) >= 11 is 0. The number of anilines is 1. The molecule has 0 aromatic heterocycles. The highest BCUT2D eigenvalue weighted by atomic mass is 16.2. The number of carbonyl (C=O) groups is 1. The van der Waals surface area contributed by atoms with Crippen LogP contribution in [-0.4, -0.2) is 23.0 Å². The Hall–Kier alpha value is -1.55. The van der Waals surface area contributed by atoms with Crippen LogP contribution in [0.5, 0.6) is 0 Å². The van der Waals surface area contributed by atoms with E-state index in [4.69, 9.17) is 5.73 Å². The van der Waals surface area contributed by atoms with Crippen LogP contribution in [-0.2, 0) is 0 Å². The van der Waals surface area contributed by atoms with Gasteiger partial charge in [-0.25, -0.2) is 4.79 Å². The van der Waals surface area contributed by atoms with Crippen LogP contribution in [0.3, 0.4) is 0 Å². The third-order valence-electron chi connectivity index (χ3n) is 4.09. The van der Waals surface area contributed by atoms with Gasteiger partial charge in [0, 0.05) is 23.8 Å². The summed E-state index contributed by atoms with van der Waals surface area (Å²) in [7, 11) is 0. The predicted octanol–water partition coefficient (Wildman–Crippen LogP) is 3.50. The fraction of sp³-hybridized carbons (Fsp3) is 0.562. The average molecular weight is 275 g/mol. The van der Waals surface area contributed by atoms with Gasteiger partial charge in [0.1, 0.15) is 0 Å². The van der Waals surface area contributed by atoms with Crippen molar-refractivity contribution in [3.8, 4) is 0 Å². The van der Waals surface area contributed by atoms with Crippen LogP contribution in [0.4, 0.5) is 10.5 Å². The van der Waals surface area contributed by atoms with Crippen molar-refractivity contribution < 1.29 is 4.79 Å². The molecule has 1 aromatic carbocycles. The number of nitrogens with two attached hydrogens (primary N) is 1. The highest BCUT2D eigenvalue weighted by molar-refractivity contribution is 5.89. The zero-order chi connectivity index (χ0) is 14.7. The molecule has 1 aromatic rings. The molecular weight excluding hydrogens is 250 g/mol. The van der Waals surface area contributed by atoms with E-state index in [1.54, 1.807) is 0 Å². The van der Waals surface area contributed by atoms with E-state index in [9.17, 15) is 4.79 Å². The maximum Gasteiger partial charge on any atom is 0.322 e. The van der Waals surface area contributed by atoms with Crippen LogP contribution < -0.4 is 11.1 Å². The van der Waals surface area contributed by atoms with Gasteiger partial charge in [-0.15, -0.1) is 0 Å². The van der Waals surface area contributed by atoms with E-state index in [1.165, 1.54) is 6.42 Å². The molecule has 0 spiro atoms. The Morgan fingerprint density at radius 3 is 2.60 bits per heavy atom. The third kappa shape index (κ3) is 3.31. The number of urea groups is 1. The molecule has 0 saturated carbocycles. The maximum absolute atomic E-state index is 12.5. The second-order valence-electron chi connectivity index (χ2n) is 5.88. The number of hydrogen-bond donors (Lipinski definition) is 2. The van der Waals surface area contributed by atoms with Gasteiger partial charge >= 0.3 is 6.03 Å². The van der Waals surface area contributed by atoms with Gasteiger partial charge in [-0.2, -0.15) is 0 Å².